The van der Waals surface area contributed by atoms with Gasteiger partial charge >= 0.3 is 0 Å². The third-order valence-electron chi connectivity index (χ3n) is 7.05. The first-order chi connectivity index (χ1) is 14.1. The lowest BCUT2D eigenvalue weighted by Crippen LogP contribution is -2.46. The van der Waals surface area contributed by atoms with E-state index in [0.29, 0.717) is 24.6 Å². The Hall–Kier alpha value is -1.43. The molecule has 2 heterocycles. The molecule has 2 fully saturated rings. The highest BCUT2D eigenvalue weighted by atomic mass is 16.5. The monoisotopic (exact) mass is 399 g/mol. The zero-order chi connectivity index (χ0) is 20.2. The first kappa shape index (κ1) is 20.8. The number of likely N-dealkylation sites (tertiary alicyclic amines) is 1. The second kappa shape index (κ2) is 9.59. The van der Waals surface area contributed by atoms with Gasteiger partial charge in [-0.1, -0.05) is 24.3 Å². The van der Waals surface area contributed by atoms with Gasteiger partial charge in [-0.25, -0.2) is 0 Å². The van der Waals surface area contributed by atoms with Crippen molar-refractivity contribution in [2.75, 3.05) is 53.4 Å². The first-order valence-electron chi connectivity index (χ1n) is 11.4. The van der Waals surface area contributed by atoms with Crippen LogP contribution in [0, 0.1) is 5.92 Å². The van der Waals surface area contributed by atoms with Gasteiger partial charge in [0.25, 0.3) is 0 Å². The Morgan fingerprint density at radius 2 is 1.76 bits per heavy atom. The van der Waals surface area contributed by atoms with Crippen molar-refractivity contribution in [2.24, 2.45) is 5.92 Å². The largest absolute Gasteiger partial charge is 0.377 e. The van der Waals surface area contributed by atoms with Crippen LogP contribution < -0.4 is 0 Å². The van der Waals surface area contributed by atoms with Crippen LogP contribution in [0.15, 0.2) is 24.3 Å². The van der Waals surface area contributed by atoms with Crippen molar-refractivity contribution in [1.82, 2.24) is 14.7 Å². The van der Waals surface area contributed by atoms with Crippen LogP contribution in [0.5, 0.6) is 0 Å². The molecular weight excluding hydrogens is 362 g/mol. The molecule has 29 heavy (non-hydrogen) atoms. The molecule has 0 radical (unpaired) electrons. The van der Waals surface area contributed by atoms with Gasteiger partial charge in [-0.2, -0.15) is 0 Å². The average Bonchev–Trinajstić information content (AvgIpc) is 3.37. The topological polar surface area (TPSA) is 36.0 Å². The van der Waals surface area contributed by atoms with Gasteiger partial charge in [0.1, 0.15) is 0 Å². The normalized spacial score (nSPS) is 23.6. The summed E-state index contributed by atoms with van der Waals surface area (Å²) in [5, 5.41) is 0. The molecular formula is C24H37N3O2. The number of hydrogen-bond acceptors (Lipinski definition) is 4. The van der Waals surface area contributed by atoms with Crippen molar-refractivity contribution in [3.8, 4) is 0 Å². The SMILES string of the molecule is CN(C)C(=O)CN(CC1CCN(C2Cc3ccccc3C2)CC1)CC1CCCO1. The maximum atomic E-state index is 12.3. The van der Waals surface area contributed by atoms with Crippen molar-refractivity contribution >= 4 is 5.91 Å². The fraction of sp³-hybridized carbons (Fsp3) is 0.708. The van der Waals surface area contributed by atoms with Gasteiger partial charge in [0, 0.05) is 39.8 Å². The Morgan fingerprint density at radius 3 is 2.34 bits per heavy atom. The van der Waals surface area contributed by atoms with Gasteiger partial charge in [0.15, 0.2) is 0 Å². The number of piperidine rings is 1. The van der Waals surface area contributed by atoms with Gasteiger partial charge < -0.3 is 9.64 Å². The number of ether oxygens (including phenoxy) is 1. The van der Waals surface area contributed by atoms with Crippen molar-refractivity contribution in [3.05, 3.63) is 35.4 Å². The number of likely N-dealkylation sites (N-methyl/N-ethyl adjacent to an activating group) is 1. The third-order valence-corrected chi connectivity index (χ3v) is 7.05. The molecule has 0 saturated carbocycles. The Morgan fingerprint density at radius 1 is 1.07 bits per heavy atom. The molecule has 1 aromatic carbocycles. The third kappa shape index (κ3) is 5.39. The number of fused-ring (bicyclic) bond motifs is 1. The van der Waals surface area contributed by atoms with Crippen LogP contribution in [0.1, 0.15) is 36.8 Å². The molecule has 1 atom stereocenters. The zero-order valence-corrected chi connectivity index (χ0v) is 18.2. The Balaban J connectivity index is 1.27. The fourth-order valence-corrected chi connectivity index (χ4v) is 5.27. The van der Waals surface area contributed by atoms with E-state index in [1.165, 1.54) is 38.8 Å². The second-order valence-electron chi connectivity index (χ2n) is 9.43. The summed E-state index contributed by atoms with van der Waals surface area (Å²) in [5.74, 6) is 0.885. The lowest BCUT2D eigenvalue weighted by molar-refractivity contribution is -0.130. The van der Waals surface area contributed by atoms with Crippen LogP contribution in [0.25, 0.3) is 0 Å². The van der Waals surface area contributed by atoms with Crippen LogP contribution in [0.2, 0.25) is 0 Å². The predicted molar refractivity (Wildman–Crippen MR) is 116 cm³/mol. The number of carbonyl (C=O) groups excluding carboxylic acids is 1. The molecule has 4 rings (SSSR count). The second-order valence-corrected chi connectivity index (χ2v) is 9.43. The minimum Gasteiger partial charge on any atom is -0.377 e. The highest BCUT2D eigenvalue weighted by Crippen LogP contribution is 2.29. The molecule has 5 nitrogen and oxygen atoms in total. The standard InChI is InChI=1S/C24H37N3O2/c1-25(2)24(28)18-26(17-23-8-5-13-29-23)16-19-9-11-27(12-10-19)22-14-20-6-3-4-7-21(20)15-22/h3-4,6-7,19,22-23H,5,8-18H2,1-2H3. The lowest BCUT2D eigenvalue weighted by Gasteiger charge is -2.38. The highest BCUT2D eigenvalue weighted by Gasteiger charge is 2.31. The van der Waals surface area contributed by atoms with Gasteiger partial charge in [-0.15, -0.1) is 0 Å². The first-order valence-corrected chi connectivity index (χ1v) is 11.4. The van der Waals surface area contributed by atoms with Gasteiger partial charge in [-0.3, -0.25) is 14.6 Å². The van der Waals surface area contributed by atoms with Crippen molar-refractivity contribution in [1.29, 1.82) is 0 Å². The summed E-state index contributed by atoms with van der Waals surface area (Å²) in [4.78, 5) is 19.1. The molecule has 1 aliphatic carbocycles. The molecule has 0 spiro atoms. The van der Waals surface area contributed by atoms with Crippen molar-refractivity contribution in [3.63, 3.8) is 0 Å². The van der Waals surface area contributed by atoms with Crippen molar-refractivity contribution in [2.45, 2.75) is 50.7 Å². The smallest absolute Gasteiger partial charge is 0.236 e. The number of hydrogen-bond donors (Lipinski definition) is 0. The van der Waals surface area contributed by atoms with Crippen LogP contribution in [0.4, 0.5) is 0 Å². The molecule has 1 aromatic rings. The molecule has 2 aliphatic heterocycles. The van der Waals surface area contributed by atoms with E-state index in [1.54, 1.807) is 16.0 Å². The minimum absolute atomic E-state index is 0.198. The number of rotatable bonds is 7. The molecule has 1 unspecified atom stereocenters. The minimum atomic E-state index is 0.198. The van der Waals surface area contributed by atoms with E-state index in [-0.39, 0.29) is 5.91 Å². The van der Waals surface area contributed by atoms with Crippen LogP contribution in [0.3, 0.4) is 0 Å². The summed E-state index contributed by atoms with van der Waals surface area (Å²) in [5.41, 5.74) is 3.09. The van der Waals surface area contributed by atoms with Gasteiger partial charge in [0.2, 0.25) is 5.91 Å². The van der Waals surface area contributed by atoms with E-state index in [1.807, 2.05) is 14.1 Å². The molecule has 0 N–H and O–H groups in total. The maximum Gasteiger partial charge on any atom is 0.236 e. The number of benzene rings is 1. The van der Waals surface area contributed by atoms with E-state index in [9.17, 15) is 4.79 Å². The Kier molecular flexibility index (Phi) is 6.88. The lowest BCUT2D eigenvalue weighted by atomic mass is 9.94. The van der Waals surface area contributed by atoms with E-state index in [0.717, 1.165) is 32.5 Å². The molecule has 0 bridgehead atoms. The summed E-state index contributed by atoms with van der Waals surface area (Å²) >= 11 is 0. The molecule has 0 aromatic heterocycles. The number of nitrogens with zero attached hydrogens (tertiary/aromatic N) is 3. The predicted octanol–water partition coefficient (Wildman–Crippen LogP) is 2.44. The molecule has 2 saturated heterocycles. The highest BCUT2D eigenvalue weighted by molar-refractivity contribution is 5.77. The molecule has 160 valence electrons. The fourth-order valence-electron chi connectivity index (χ4n) is 5.27. The van der Waals surface area contributed by atoms with Crippen LogP contribution in [-0.4, -0.2) is 86.2 Å². The molecule has 1 amide bonds. The summed E-state index contributed by atoms with van der Waals surface area (Å²) in [6.07, 6.45) is 7.50. The van der Waals surface area contributed by atoms with E-state index in [2.05, 4.69) is 34.1 Å². The van der Waals surface area contributed by atoms with E-state index in [4.69, 9.17) is 4.74 Å². The quantitative estimate of drug-likeness (QED) is 0.706. The maximum absolute atomic E-state index is 12.3. The summed E-state index contributed by atoms with van der Waals surface area (Å²) in [6.45, 7) is 5.71. The van der Waals surface area contributed by atoms with Crippen molar-refractivity contribution < 1.29 is 9.53 Å². The van der Waals surface area contributed by atoms with Gasteiger partial charge in [0.05, 0.1) is 12.6 Å². The Bertz CT molecular complexity index is 653. The summed E-state index contributed by atoms with van der Waals surface area (Å²) < 4.78 is 5.86. The molecule has 5 heteroatoms. The zero-order valence-electron chi connectivity index (χ0n) is 18.2. The average molecular weight is 400 g/mol. The van der Waals surface area contributed by atoms with E-state index >= 15 is 0 Å². The molecule has 3 aliphatic rings. The van der Waals surface area contributed by atoms with Gasteiger partial charge in [-0.05, 0) is 68.7 Å². The Labute approximate surface area is 176 Å². The summed E-state index contributed by atoms with van der Waals surface area (Å²) in [6, 6.07) is 9.63. The van der Waals surface area contributed by atoms with E-state index < -0.39 is 0 Å². The van der Waals surface area contributed by atoms with Crippen LogP contribution >= 0.6 is 0 Å². The number of carbonyl (C=O) groups is 1. The number of amides is 1. The van der Waals surface area contributed by atoms with Crippen LogP contribution in [-0.2, 0) is 22.4 Å². The summed E-state index contributed by atoms with van der Waals surface area (Å²) in [7, 11) is 3.70.